The number of nitrogens with zero attached hydrogens (tertiary/aromatic N) is 2. The van der Waals surface area contributed by atoms with E-state index in [2.05, 4.69) is 10.3 Å². The molecule has 0 unspecified atom stereocenters. The van der Waals surface area contributed by atoms with Crippen molar-refractivity contribution in [2.45, 2.75) is 44.8 Å². The molecular weight excluding hydrogens is 575 g/mol. The number of alkyl halides is 6. The molecule has 0 spiro atoms. The molecule has 2 aromatic rings. The molecule has 0 radical (unpaired) electrons. The molecule has 1 heterocycles. The molecule has 0 aliphatic rings. The number of aliphatic hydroxyl groups excluding tert-OH is 1. The van der Waals surface area contributed by atoms with Crippen LogP contribution in [-0.2, 0) is 5.60 Å². The number of benzene rings is 1. The highest BCUT2D eigenvalue weighted by Crippen LogP contribution is 2.54. The van der Waals surface area contributed by atoms with Crippen molar-refractivity contribution >= 4 is 46.4 Å². The van der Waals surface area contributed by atoms with Crippen LogP contribution in [0.3, 0.4) is 0 Å². The van der Waals surface area contributed by atoms with Crippen molar-refractivity contribution in [1.29, 1.82) is 0 Å². The summed E-state index contributed by atoms with van der Waals surface area (Å²) in [6.07, 6.45) is -13.3. The van der Waals surface area contributed by atoms with Crippen LogP contribution in [0.15, 0.2) is 12.1 Å². The van der Waals surface area contributed by atoms with Gasteiger partial charge in [-0.05, 0) is 20.8 Å². The zero-order valence-electron chi connectivity index (χ0n) is 19.4. The summed E-state index contributed by atoms with van der Waals surface area (Å²) in [5, 5.41) is 19.1. The third-order valence-corrected chi connectivity index (χ3v) is 7.14. The Balaban J connectivity index is 2.77. The predicted octanol–water partition coefficient (Wildman–Crippen LogP) is 5.02. The van der Waals surface area contributed by atoms with Gasteiger partial charge in [0.2, 0.25) is 0 Å². The van der Waals surface area contributed by atoms with E-state index < -0.39 is 51.5 Å². The second-order valence-electron chi connectivity index (χ2n) is 7.73. The Kier molecular flexibility index (Phi) is 9.51. The number of aromatic nitrogens is 1. The van der Waals surface area contributed by atoms with Gasteiger partial charge in [-0.1, -0.05) is 35.3 Å². The number of amides is 2. The number of carbonyl (C=O) groups is 2. The smallest absolute Gasteiger partial charge is 0.392 e. The van der Waals surface area contributed by atoms with Gasteiger partial charge in [0, 0.05) is 30.8 Å². The van der Waals surface area contributed by atoms with Crippen LogP contribution < -0.4 is 5.32 Å². The van der Waals surface area contributed by atoms with E-state index in [1.807, 2.05) is 0 Å². The minimum absolute atomic E-state index is 0.153. The molecular formula is C21H21Cl2F6N3O4S. The highest BCUT2D eigenvalue weighted by Gasteiger charge is 2.72. The van der Waals surface area contributed by atoms with Gasteiger partial charge in [-0.3, -0.25) is 9.59 Å². The fraction of sp³-hybridized carbons (Fsp3) is 0.476. The van der Waals surface area contributed by atoms with Crippen molar-refractivity contribution < 1.29 is 46.1 Å². The lowest BCUT2D eigenvalue weighted by atomic mass is 9.91. The SMILES string of the molecule is CCN(CC)C(=O)c1nc(C(=O)NC[C@H](C)O)sc1-c1ccc(C(O)(C(F)(F)F)C(F)(F)F)c(Cl)c1Cl. The molecule has 0 saturated heterocycles. The standard InChI is InChI=1S/C21H21Cl2F6N3O4S/c1-4-32(5-2)18(35)14-15(37-17(31-14)16(34)30-8-9(3)33)10-6-7-11(13(23)12(10)22)19(36,20(24,25)26)21(27,28)29/h6-7,9,33,36H,4-5,8H2,1-3H3,(H,30,34)/t9-/m0/s1. The fourth-order valence-corrected chi connectivity index (χ4v) is 4.81. The number of hydrogen-bond donors (Lipinski definition) is 3. The molecule has 37 heavy (non-hydrogen) atoms. The lowest BCUT2D eigenvalue weighted by molar-refractivity contribution is -0.376. The van der Waals surface area contributed by atoms with E-state index in [9.17, 15) is 46.1 Å². The molecule has 0 saturated carbocycles. The maximum atomic E-state index is 13.4. The van der Waals surface area contributed by atoms with Gasteiger partial charge in [0.25, 0.3) is 17.4 Å². The van der Waals surface area contributed by atoms with E-state index in [4.69, 9.17) is 23.2 Å². The molecule has 3 N–H and O–H groups in total. The minimum atomic E-state index is -6.21. The summed E-state index contributed by atoms with van der Waals surface area (Å²) in [5.74, 6) is -1.49. The van der Waals surface area contributed by atoms with Crippen molar-refractivity contribution in [1.82, 2.24) is 15.2 Å². The van der Waals surface area contributed by atoms with Gasteiger partial charge >= 0.3 is 12.4 Å². The largest absolute Gasteiger partial charge is 0.430 e. The van der Waals surface area contributed by atoms with Gasteiger partial charge in [0.05, 0.1) is 21.0 Å². The van der Waals surface area contributed by atoms with E-state index in [1.54, 1.807) is 13.8 Å². The van der Waals surface area contributed by atoms with Crippen molar-refractivity contribution in [2.75, 3.05) is 19.6 Å². The average molecular weight is 596 g/mol. The zero-order valence-corrected chi connectivity index (χ0v) is 21.7. The third-order valence-electron chi connectivity index (χ3n) is 5.17. The van der Waals surface area contributed by atoms with Crippen LogP contribution in [0.1, 0.15) is 46.6 Å². The highest BCUT2D eigenvalue weighted by atomic mass is 35.5. The van der Waals surface area contributed by atoms with Gasteiger partial charge in [-0.25, -0.2) is 4.98 Å². The second-order valence-corrected chi connectivity index (χ2v) is 9.48. The van der Waals surface area contributed by atoms with Gasteiger partial charge in [0.1, 0.15) is 5.69 Å². The number of halogens is 8. The Morgan fingerprint density at radius 3 is 2.08 bits per heavy atom. The summed E-state index contributed by atoms with van der Waals surface area (Å²) >= 11 is 12.5. The van der Waals surface area contributed by atoms with Crippen LogP contribution in [0.4, 0.5) is 26.3 Å². The lowest BCUT2D eigenvalue weighted by Crippen LogP contribution is -2.54. The van der Waals surface area contributed by atoms with E-state index in [1.165, 1.54) is 11.8 Å². The predicted molar refractivity (Wildman–Crippen MR) is 125 cm³/mol. The van der Waals surface area contributed by atoms with Crippen LogP contribution >= 0.6 is 34.5 Å². The number of rotatable bonds is 8. The molecule has 0 aliphatic carbocycles. The highest BCUT2D eigenvalue weighted by molar-refractivity contribution is 7.17. The Morgan fingerprint density at radius 2 is 1.62 bits per heavy atom. The lowest BCUT2D eigenvalue weighted by Gasteiger charge is -2.33. The van der Waals surface area contributed by atoms with Crippen LogP contribution in [0.5, 0.6) is 0 Å². The molecule has 16 heteroatoms. The molecule has 2 amide bonds. The number of thiazole rings is 1. The molecule has 2 rings (SSSR count). The number of aliphatic hydroxyl groups is 2. The molecule has 1 aromatic carbocycles. The number of carbonyl (C=O) groups excluding carboxylic acids is 2. The minimum Gasteiger partial charge on any atom is -0.392 e. The normalized spacial score (nSPS) is 13.4. The van der Waals surface area contributed by atoms with Crippen molar-refractivity contribution in [3.8, 4) is 10.4 Å². The number of nitrogens with one attached hydrogen (secondary N) is 1. The molecule has 1 aromatic heterocycles. The summed E-state index contributed by atoms with van der Waals surface area (Å²) < 4.78 is 80.3. The first-order chi connectivity index (χ1) is 16.9. The van der Waals surface area contributed by atoms with E-state index >= 15 is 0 Å². The van der Waals surface area contributed by atoms with Crippen LogP contribution in [0.25, 0.3) is 10.4 Å². The Labute approximate surface area is 221 Å². The van der Waals surface area contributed by atoms with Gasteiger partial charge in [-0.2, -0.15) is 26.3 Å². The Bertz CT molecular complexity index is 1150. The van der Waals surface area contributed by atoms with Crippen molar-refractivity contribution in [2.24, 2.45) is 0 Å². The molecule has 7 nitrogen and oxygen atoms in total. The van der Waals surface area contributed by atoms with E-state index in [0.29, 0.717) is 17.4 Å². The summed E-state index contributed by atoms with van der Waals surface area (Å²) in [5.41, 5.74) is -7.73. The first kappa shape index (κ1) is 31.1. The van der Waals surface area contributed by atoms with Gasteiger partial charge < -0.3 is 20.4 Å². The molecule has 206 valence electrons. The molecule has 0 aliphatic heterocycles. The van der Waals surface area contributed by atoms with Crippen LogP contribution in [-0.4, -0.2) is 70.0 Å². The first-order valence-corrected chi connectivity index (χ1v) is 12.1. The Hall–Kier alpha value is -2.13. The molecule has 0 bridgehead atoms. The maximum Gasteiger partial charge on any atom is 0.430 e. The van der Waals surface area contributed by atoms with Gasteiger partial charge in [-0.15, -0.1) is 11.3 Å². The van der Waals surface area contributed by atoms with E-state index in [-0.39, 0.29) is 40.8 Å². The fourth-order valence-electron chi connectivity index (χ4n) is 3.19. The van der Waals surface area contributed by atoms with Gasteiger partial charge in [0.15, 0.2) is 5.01 Å². The van der Waals surface area contributed by atoms with Crippen LogP contribution in [0.2, 0.25) is 10.0 Å². The topological polar surface area (TPSA) is 103 Å². The zero-order chi connectivity index (χ0) is 28.5. The first-order valence-electron chi connectivity index (χ1n) is 10.5. The average Bonchev–Trinajstić information content (AvgIpc) is 3.23. The van der Waals surface area contributed by atoms with E-state index in [0.717, 1.165) is 6.07 Å². The molecule has 0 fully saturated rings. The van der Waals surface area contributed by atoms with Crippen molar-refractivity contribution in [3.05, 3.63) is 38.4 Å². The summed E-state index contributed by atoms with van der Waals surface area (Å²) in [4.78, 5) is 30.8. The third kappa shape index (κ3) is 5.98. The Morgan fingerprint density at radius 1 is 1.08 bits per heavy atom. The van der Waals surface area contributed by atoms with Crippen LogP contribution in [0, 0.1) is 0 Å². The second kappa shape index (κ2) is 11.3. The summed E-state index contributed by atoms with van der Waals surface area (Å²) in [7, 11) is 0. The van der Waals surface area contributed by atoms with Crippen molar-refractivity contribution in [3.63, 3.8) is 0 Å². The summed E-state index contributed by atoms with van der Waals surface area (Å²) in [6.45, 7) is 4.97. The monoisotopic (exact) mass is 595 g/mol. The maximum absolute atomic E-state index is 13.4. The quantitative estimate of drug-likeness (QED) is 0.372. The molecule has 1 atom stereocenters. The number of hydrogen-bond acceptors (Lipinski definition) is 6. The summed E-state index contributed by atoms with van der Waals surface area (Å²) in [6, 6.07) is 1.01.